The van der Waals surface area contributed by atoms with Gasteiger partial charge >= 0.3 is 0 Å². The summed E-state index contributed by atoms with van der Waals surface area (Å²) in [6.45, 7) is 5.53. The lowest BCUT2D eigenvalue weighted by atomic mass is 10.2. The smallest absolute Gasteiger partial charge is 0.234 e. The van der Waals surface area contributed by atoms with E-state index in [9.17, 15) is 4.79 Å². The number of rotatable bonds is 6. The first-order valence-electron chi connectivity index (χ1n) is 5.07. The lowest BCUT2D eigenvalue weighted by Crippen LogP contribution is -2.43. The Balaban J connectivity index is 2.44. The van der Waals surface area contributed by atoms with Crippen LogP contribution in [0.4, 0.5) is 0 Å². The van der Waals surface area contributed by atoms with Crippen molar-refractivity contribution in [3.05, 3.63) is 16.6 Å². The van der Waals surface area contributed by atoms with Crippen LogP contribution in [0.15, 0.2) is 11.6 Å². The lowest BCUT2D eigenvalue weighted by Gasteiger charge is -2.24. The van der Waals surface area contributed by atoms with Gasteiger partial charge in [0.25, 0.3) is 0 Å². The molecule has 0 bridgehead atoms. The summed E-state index contributed by atoms with van der Waals surface area (Å²) >= 11 is 1.64. The number of carbonyl (C=O) groups excluding carboxylic acids is 1. The molecule has 1 aromatic rings. The number of hydrogen-bond donors (Lipinski definition) is 1. The topological polar surface area (TPSA) is 59.2 Å². The number of aromatic nitrogens is 1. The summed E-state index contributed by atoms with van der Waals surface area (Å²) in [6.07, 6.45) is 2.68. The molecule has 0 aliphatic heterocycles. The predicted molar refractivity (Wildman–Crippen MR) is 61.7 cm³/mol. The molecule has 0 saturated heterocycles. The number of primary amides is 1. The van der Waals surface area contributed by atoms with Crippen molar-refractivity contribution in [3.8, 4) is 0 Å². The summed E-state index contributed by atoms with van der Waals surface area (Å²) in [7, 11) is 0. The van der Waals surface area contributed by atoms with Crippen LogP contribution in [0.3, 0.4) is 0 Å². The first kappa shape index (κ1) is 12.1. The number of nitrogens with zero attached hydrogens (tertiary/aromatic N) is 2. The van der Waals surface area contributed by atoms with Crippen LogP contribution >= 0.6 is 11.3 Å². The van der Waals surface area contributed by atoms with Gasteiger partial charge in [-0.3, -0.25) is 9.69 Å². The second-order valence-electron chi connectivity index (χ2n) is 3.38. The molecule has 1 heterocycles. The molecule has 4 nitrogen and oxygen atoms in total. The van der Waals surface area contributed by atoms with Gasteiger partial charge in [0.15, 0.2) is 0 Å². The van der Waals surface area contributed by atoms with Gasteiger partial charge in [0, 0.05) is 24.5 Å². The second kappa shape index (κ2) is 5.82. The average molecular weight is 227 g/mol. The summed E-state index contributed by atoms with van der Waals surface area (Å²) in [5, 5.41) is 3.06. The highest BCUT2D eigenvalue weighted by atomic mass is 32.1. The maximum absolute atomic E-state index is 11.0. The largest absolute Gasteiger partial charge is 0.368 e. The van der Waals surface area contributed by atoms with Gasteiger partial charge < -0.3 is 5.73 Å². The molecule has 1 rings (SSSR count). The Kier molecular flexibility index (Phi) is 4.71. The zero-order chi connectivity index (χ0) is 11.3. The molecule has 15 heavy (non-hydrogen) atoms. The minimum atomic E-state index is -0.268. The minimum Gasteiger partial charge on any atom is -0.368 e. The highest BCUT2D eigenvalue weighted by molar-refractivity contribution is 7.09. The average Bonchev–Trinajstić information content (AvgIpc) is 2.71. The first-order valence-corrected chi connectivity index (χ1v) is 5.94. The van der Waals surface area contributed by atoms with Gasteiger partial charge in [-0.25, -0.2) is 4.98 Å². The highest BCUT2D eigenvalue weighted by Gasteiger charge is 2.16. The fourth-order valence-electron chi connectivity index (χ4n) is 1.42. The molecule has 0 spiro atoms. The number of thiazole rings is 1. The maximum atomic E-state index is 11.0. The summed E-state index contributed by atoms with van der Waals surface area (Å²) in [6, 6.07) is -0.199. The first-order chi connectivity index (χ1) is 7.15. The molecule has 1 aromatic heterocycles. The van der Waals surface area contributed by atoms with Crippen molar-refractivity contribution < 1.29 is 4.79 Å². The lowest BCUT2D eigenvalue weighted by molar-refractivity contribution is -0.122. The van der Waals surface area contributed by atoms with Crippen LogP contribution in [0, 0.1) is 0 Å². The van der Waals surface area contributed by atoms with Crippen LogP contribution < -0.4 is 5.73 Å². The SMILES string of the molecule is CCN(CCc1nccs1)[C@@H](C)C(N)=O. The molecule has 0 unspecified atom stereocenters. The number of hydrogen-bond acceptors (Lipinski definition) is 4. The van der Waals surface area contributed by atoms with Gasteiger partial charge in [-0.2, -0.15) is 0 Å². The van der Waals surface area contributed by atoms with Crippen molar-refractivity contribution in [2.45, 2.75) is 26.3 Å². The Labute approximate surface area is 94.1 Å². The van der Waals surface area contributed by atoms with Crippen molar-refractivity contribution in [1.29, 1.82) is 0 Å². The number of nitrogens with two attached hydrogens (primary N) is 1. The molecular formula is C10H17N3OS. The van der Waals surface area contributed by atoms with Gasteiger partial charge in [0.05, 0.1) is 11.0 Å². The molecule has 0 radical (unpaired) electrons. The normalized spacial score (nSPS) is 13.0. The molecule has 0 aliphatic rings. The van der Waals surface area contributed by atoms with Crippen LogP contribution in [0.1, 0.15) is 18.9 Å². The van der Waals surface area contributed by atoms with Gasteiger partial charge in [-0.05, 0) is 13.5 Å². The molecule has 1 amide bonds. The van der Waals surface area contributed by atoms with E-state index in [0.29, 0.717) is 0 Å². The van der Waals surface area contributed by atoms with Crippen LogP contribution in [-0.2, 0) is 11.2 Å². The van der Waals surface area contributed by atoms with E-state index in [2.05, 4.69) is 9.88 Å². The summed E-state index contributed by atoms with van der Waals surface area (Å²) < 4.78 is 0. The third-order valence-electron chi connectivity index (χ3n) is 2.46. The van der Waals surface area contributed by atoms with E-state index in [0.717, 1.165) is 24.5 Å². The molecule has 5 heteroatoms. The molecule has 0 saturated carbocycles. The molecule has 1 atom stereocenters. The molecule has 0 aromatic carbocycles. The Morgan fingerprint density at radius 2 is 2.47 bits per heavy atom. The maximum Gasteiger partial charge on any atom is 0.234 e. The molecule has 84 valence electrons. The number of carbonyl (C=O) groups is 1. The number of likely N-dealkylation sites (N-methyl/N-ethyl adjacent to an activating group) is 1. The fraction of sp³-hybridized carbons (Fsp3) is 0.600. The van der Waals surface area contributed by atoms with Gasteiger partial charge in [-0.15, -0.1) is 11.3 Å². The van der Waals surface area contributed by atoms with Crippen molar-refractivity contribution in [2.75, 3.05) is 13.1 Å². The Hall–Kier alpha value is -0.940. The van der Waals surface area contributed by atoms with Crippen LogP contribution in [0.5, 0.6) is 0 Å². The summed E-state index contributed by atoms with van der Waals surface area (Å²) in [5.41, 5.74) is 5.27. The molecule has 0 fully saturated rings. The van der Waals surface area contributed by atoms with Crippen LogP contribution in [-0.4, -0.2) is 34.9 Å². The van der Waals surface area contributed by atoms with E-state index in [-0.39, 0.29) is 11.9 Å². The van der Waals surface area contributed by atoms with Crippen molar-refractivity contribution in [2.24, 2.45) is 5.73 Å². The molecular weight excluding hydrogens is 210 g/mol. The van der Waals surface area contributed by atoms with Crippen LogP contribution in [0.2, 0.25) is 0 Å². The van der Waals surface area contributed by atoms with Gasteiger partial charge in [0.2, 0.25) is 5.91 Å². The van der Waals surface area contributed by atoms with Gasteiger partial charge in [-0.1, -0.05) is 6.92 Å². The predicted octanol–water partition coefficient (Wildman–Crippen LogP) is 0.881. The van der Waals surface area contributed by atoms with E-state index >= 15 is 0 Å². The third kappa shape index (κ3) is 3.60. The number of amides is 1. The van der Waals surface area contributed by atoms with Crippen molar-refractivity contribution in [1.82, 2.24) is 9.88 Å². The van der Waals surface area contributed by atoms with E-state index in [4.69, 9.17) is 5.73 Å². The third-order valence-corrected chi connectivity index (χ3v) is 3.30. The quantitative estimate of drug-likeness (QED) is 0.785. The Bertz CT molecular complexity index is 300. The van der Waals surface area contributed by atoms with Crippen molar-refractivity contribution in [3.63, 3.8) is 0 Å². The molecule has 2 N–H and O–H groups in total. The zero-order valence-corrected chi connectivity index (χ0v) is 9.96. The van der Waals surface area contributed by atoms with E-state index in [1.165, 1.54) is 0 Å². The summed E-state index contributed by atoms with van der Waals surface area (Å²) in [5.74, 6) is -0.268. The van der Waals surface area contributed by atoms with Crippen LogP contribution in [0.25, 0.3) is 0 Å². The summed E-state index contributed by atoms with van der Waals surface area (Å²) in [4.78, 5) is 17.3. The zero-order valence-electron chi connectivity index (χ0n) is 9.14. The highest BCUT2D eigenvalue weighted by Crippen LogP contribution is 2.07. The fourth-order valence-corrected chi connectivity index (χ4v) is 2.03. The van der Waals surface area contributed by atoms with Crippen molar-refractivity contribution >= 4 is 17.2 Å². The Morgan fingerprint density at radius 3 is 2.93 bits per heavy atom. The van der Waals surface area contributed by atoms with E-state index in [1.807, 2.05) is 19.2 Å². The minimum absolute atomic E-state index is 0.199. The van der Waals surface area contributed by atoms with E-state index in [1.54, 1.807) is 17.5 Å². The van der Waals surface area contributed by atoms with E-state index < -0.39 is 0 Å². The van der Waals surface area contributed by atoms with Gasteiger partial charge in [0.1, 0.15) is 0 Å². The Morgan fingerprint density at radius 1 is 1.73 bits per heavy atom. The standard InChI is InChI=1S/C10H17N3OS/c1-3-13(8(2)10(11)14)6-4-9-12-5-7-15-9/h5,7-8H,3-4,6H2,1-2H3,(H2,11,14)/t8-/m0/s1. The monoisotopic (exact) mass is 227 g/mol. The molecule has 0 aliphatic carbocycles. The second-order valence-corrected chi connectivity index (χ2v) is 4.36.